The average molecular weight is 219 g/mol. The van der Waals surface area contributed by atoms with Crippen molar-refractivity contribution >= 4 is 16.0 Å². The molecule has 76 valence electrons. The molecule has 1 aromatic carbocycles. The van der Waals surface area contributed by atoms with Crippen LogP contribution in [-0.2, 0) is 10.0 Å². The van der Waals surface area contributed by atoms with Gasteiger partial charge in [-0.25, -0.2) is 13.2 Å². The fourth-order valence-electron chi connectivity index (χ4n) is 0.821. The number of carboxylic acids is 1. The Morgan fingerprint density at radius 3 is 2.14 bits per heavy atom. The van der Waals surface area contributed by atoms with Crippen LogP contribution in [-0.4, -0.2) is 19.5 Å². The molecule has 0 unspecified atom stereocenters. The number of hydrogen-bond donors (Lipinski definition) is 2. The zero-order chi connectivity index (χ0) is 10.8. The van der Waals surface area contributed by atoms with E-state index in [1.165, 1.54) is 0 Å². The van der Waals surface area contributed by atoms with Crippen molar-refractivity contribution in [2.24, 2.45) is 0 Å². The van der Waals surface area contributed by atoms with Crippen LogP contribution >= 0.6 is 0 Å². The molecule has 0 radical (unpaired) electrons. The molecule has 0 aliphatic rings. The maximum absolute atomic E-state index is 11.8. The van der Waals surface area contributed by atoms with E-state index in [1.807, 2.05) is 0 Å². The summed E-state index contributed by atoms with van der Waals surface area (Å²) in [4.78, 5) is 10.7. The first-order chi connectivity index (χ1) is 6.47. The van der Waals surface area contributed by atoms with Crippen molar-refractivity contribution in [1.82, 2.24) is 4.94 Å². The average Bonchev–Trinajstić information content (AvgIpc) is 2.18. The summed E-state index contributed by atoms with van der Waals surface area (Å²) in [6.07, 6.45) is 0. The van der Waals surface area contributed by atoms with Gasteiger partial charge in [0.2, 0.25) is 0 Å². The van der Waals surface area contributed by atoms with Gasteiger partial charge < -0.3 is 5.11 Å². The highest BCUT2D eigenvalue weighted by Gasteiger charge is 2.13. The smallest absolute Gasteiger partial charge is 0.335 e. The molecular weight excluding hydrogens is 213 g/mol. The summed E-state index contributed by atoms with van der Waals surface area (Å²) < 4.78 is 33.5. The highest BCUT2D eigenvalue weighted by molar-refractivity contribution is 7.89. The third-order valence-corrected chi connectivity index (χ3v) is 2.61. The van der Waals surface area contributed by atoms with Crippen LogP contribution < -0.4 is 4.94 Å². The lowest BCUT2D eigenvalue weighted by Gasteiger charge is -1.99. The third kappa shape index (κ3) is 2.06. The molecule has 0 fully saturated rings. The first-order valence-corrected chi connectivity index (χ1v) is 4.91. The van der Waals surface area contributed by atoms with E-state index in [0.717, 1.165) is 24.3 Å². The molecule has 2 N–H and O–H groups in total. The fourth-order valence-corrected chi connectivity index (χ4v) is 1.40. The number of halogens is 1. The van der Waals surface area contributed by atoms with Crippen LogP contribution in [0.4, 0.5) is 4.48 Å². The molecular formula is C7H6FNO4S. The van der Waals surface area contributed by atoms with E-state index in [9.17, 15) is 17.7 Å². The summed E-state index contributed by atoms with van der Waals surface area (Å²) in [5, 5.41) is 8.50. The number of sulfonamides is 1. The van der Waals surface area contributed by atoms with Gasteiger partial charge in [0.25, 0.3) is 10.0 Å². The first kappa shape index (κ1) is 10.6. The van der Waals surface area contributed by atoms with Crippen LogP contribution in [0, 0.1) is 0 Å². The van der Waals surface area contributed by atoms with Crippen molar-refractivity contribution in [3.8, 4) is 0 Å². The molecule has 0 heterocycles. The maximum atomic E-state index is 11.8. The Kier molecular flexibility index (Phi) is 2.82. The number of aromatic carboxylic acids is 1. The van der Waals surface area contributed by atoms with Gasteiger partial charge in [-0.3, -0.25) is 0 Å². The van der Waals surface area contributed by atoms with E-state index in [4.69, 9.17) is 5.11 Å². The number of nitrogens with one attached hydrogen (secondary N) is 1. The quantitative estimate of drug-likeness (QED) is 0.727. The largest absolute Gasteiger partial charge is 0.478 e. The normalized spacial score (nSPS) is 11.2. The van der Waals surface area contributed by atoms with Crippen LogP contribution in [0.15, 0.2) is 29.2 Å². The van der Waals surface area contributed by atoms with Gasteiger partial charge in [-0.2, -0.15) is 0 Å². The minimum Gasteiger partial charge on any atom is -0.478 e. The van der Waals surface area contributed by atoms with Crippen LogP contribution in [0.25, 0.3) is 0 Å². The molecule has 0 bridgehead atoms. The lowest BCUT2D eigenvalue weighted by Crippen LogP contribution is -2.14. The van der Waals surface area contributed by atoms with Crippen molar-refractivity contribution in [1.29, 1.82) is 0 Å². The monoisotopic (exact) mass is 219 g/mol. The molecule has 7 heteroatoms. The summed E-state index contributed by atoms with van der Waals surface area (Å²) in [5.41, 5.74) is -0.0668. The summed E-state index contributed by atoms with van der Waals surface area (Å²) >= 11 is 0. The van der Waals surface area contributed by atoms with Gasteiger partial charge in [0.1, 0.15) is 0 Å². The molecule has 0 aliphatic carbocycles. The SMILES string of the molecule is O=C(O)c1ccc(S(=O)(=O)NF)cc1. The second kappa shape index (κ2) is 3.72. The molecule has 0 aromatic heterocycles. The van der Waals surface area contributed by atoms with Gasteiger partial charge >= 0.3 is 5.97 Å². The summed E-state index contributed by atoms with van der Waals surface area (Å²) in [6, 6.07) is 4.16. The topological polar surface area (TPSA) is 83.5 Å². The van der Waals surface area contributed by atoms with E-state index < -0.39 is 16.0 Å². The van der Waals surface area contributed by atoms with E-state index >= 15 is 0 Å². The van der Waals surface area contributed by atoms with E-state index in [2.05, 4.69) is 0 Å². The Morgan fingerprint density at radius 1 is 1.29 bits per heavy atom. The van der Waals surface area contributed by atoms with Crippen molar-refractivity contribution in [2.75, 3.05) is 0 Å². The van der Waals surface area contributed by atoms with Gasteiger partial charge in [0.05, 0.1) is 10.5 Å². The Bertz CT molecular complexity index is 439. The molecule has 0 aliphatic heterocycles. The minimum atomic E-state index is -4.15. The van der Waals surface area contributed by atoms with Crippen molar-refractivity contribution in [3.05, 3.63) is 29.8 Å². The lowest BCUT2D eigenvalue weighted by atomic mass is 10.2. The Morgan fingerprint density at radius 2 is 1.79 bits per heavy atom. The molecule has 14 heavy (non-hydrogen) atoms. The van der Waals surface area contributed by atoms with Crippen LogP contribution in [0.1, 0.15) is 10.4 Å². The van der Waals surface area contributed by atoms with Crippen molar-refractivity contribution in [2.45, 2.75) is 4.90 Å². The molecule has 1 aromatic rings. The summed E-state index contributed by atoms with van der Waals surface area (Å²) in [5.74, 6) is -1.18. The molecule has 1 rings (SSSR count). The van der Waals surface area contributed by atoms with Crippen LogP contribution in [0.5, 0.6) is 0 Å². The number of carbonyl (C=O) groups is 1. The van der Waals surface area contributed by atoms with E-state index in [0.29, 0.717) is 4.94 Å². The highest BCUT2D eigenvalue weighted by atomic mass is 32.2. The predicted octanol–water partition coefficient (Wildman–Crippen LogP) is 0.548. The summed E-state index contributed by atoms with van der Waals surface area (Å²) in [7, 11) is -4.15. The van der Waals surface area contributed by atoms with Crippen LogP contribution in [0.3, 0.4) is 0 Å². The predicted molar refractivity (Wildman–Crippen MR) is 44.8 cm³/mol. The minimum absolute atomic E-state index is 0.0668. The third-order valence-electron chi connectivity index (χ3n) is 1.51. The van der Waals surface area contributed by atoms with Crippen molar-refractivity contribution < 1.29 is 22.8 Å². The van der Waals surface area contributed by atoms with Gasteiger partial charge in [-0.15, -0.1) is 4.48 Å². The van der Waals surface area contributed by atoms with E-state index in [1.54, 1.807) is 0 Å². The molecule has 0 amide bonds. The second-order valence-electron chi connectivity index (χ2n) is 2.41. The first-order valence-electron chi connectivity index (χ1n) is 3.43. The van der Waals surface area contributed by atoms with Gasteiger partial charge in [0, 0.05) is 0 Å². The number of hydrogen-bond acceptors (Lipinski definition) is 3. The number of rotatable bonds is 3. The Hall–Kier alpha value is -1.47. The molecule has 0 saturated heterocycles. The number of benzene rings is 1. The van der Waals surface area contributed by atoms with Crippen molar-refractivity contribution in [3.63, 3.8) is 0 Å². The fraction of sp³-hybridized carbons (Fsp3) is 0. The lowest BCUT2D eigenvalue weighted by molar-refractivity contribution is 0.0697. The number of carboxylic acid groups (broad SMARTS) is 1. The molecule has 0 saturated carbocycles. The van der Waals surface area contributed by atoms with Gasteiger partial charge in [-0.05, 0) is 29.2 Å². The summed E-state index contributed by atoms with van der Waals surface area (Å²) in [6.45, 7) is 0. The highest BCUT2D eigenvalue weighted by Crippen LogP contribution is 2.10. The molecule has 0 atom stereocenters. The molecule has 0 spiro atoms. The molecule has 5 nitrogen and oxygen atoms in total. The van der Waals surface area contributed by atoms with E-state index in [-0.39, 0.29) is 10.5 Å². The van der Waals surface area contributed by atoms with Gasteiger partial charge in [-0.1, -0.05) is 0 Å². The standard InChI is InChI=1S/C7H6FNO4S/c8-9-14(12,13)6-3-1-5(2-4-6)7(10)11/h1-4,9H,(H,10,11). The van der Waals surface area contributed by atoms with Gasteiger partial charge in [0.15, 0.2) is 0 Å². The zero-order valence-electron chi connectivity index (χ0n) is 6.77. The maximum Gasteiger partial charge on any atom is 0.335 e. The Labute approximate surface area is 79.2 Å². The van der Waals surface area contributed by atoms with Crippen LogP contribution in [0.2, 0.25) is 0 Å². The second-order valence-corrected chi connectivity index (χ2v) is 4.04. The Balaban J connectivity index is 3.12. The zero-order valence-corrected chi connectivity index (χ0v) is 7.58.